The van der Waals surface area contributed by atoms with Gasteiger partial charge < -0.3 is 0 Å². The maximum Gasteiger partial charge on any atom is 0.0226 e. The van der Waals surface area contributed by atoms with E-state index < -0.39 is 0 Å². The lowest BCUT2D eigenvalue weighted by Gasteiger charge is -2.17. The first-order valence-corrected chi connectivity index (χ1v) is 13.9. The van der Waals surface area contributed by atoms with Crippen molar-refractivity contribution >= 4 is 60.5 Å². The summed E-state index contributed by atoms with van der Waals surface area (Å²) in [5, 5.41) is 1.27. The quantitative estimate of drug-likeness (QED) is 0.323. The summed E-state index contributed by atoms with van der Waals surface area (Å²) in [7, 11) is 0. The molecule has 0 N–H and O–H groups in total. The molecular formula is C22H30S5. The summed E-state index contributed by atoms with van der Waals surface area (Å²) >= 11 is 15.3. The van der Waals surface area contributed by atoms with Crippen molar-refractivity contribution in [2.45, 2.75) is 23.3 Å². The highest BCUT2D eigenvalue weighted by Gasteiger charge is 2.12. The Bertz CT molecular complexity index is 537. The van der Waals surface area contributed by atoms with Gasteiger partial charge in [-0.05, 0) is 35.5 Å². The lowest BCUT2D eigenvalue weighted by Crippen LogP contribution is -2.15. The summed E-state index contributed by atoms with van der Waals surface area (Å²) in [6, 6.07) is 21.5. The zero-order valence-corrected chi connectivity index (χ0v) is 19.9. The van der Waals surface area contributed by atoms with Gasteiger partial charge in [-0.2, -0.15) is 60.5 Å². The van der Waals surface area contributed by atoms with Crippen LogP contribution >= 0.6 is 60.5 Å². The van der Waals surface area contributed by atoms with E-state index in [4.69, 9.17) is 0 Å². The highest BCUT2D eigenvalue weighted by Crippen LogP contribution is 2.24. The second kappa shape index (κ2) is 15.1. The summed E-state index contributed by atoms with van der Waals surface area (Å²) in [4.78, 5) is 0. The van der Waals surface area contributed by atoms with Crippen LogP contribution in [0.25, 0.3) is 0 Å². The van der Waals surface area contributed by atoms with Crippen LogP contribution in [0.1, 0.15) is 11.1 Å². The van der Waals surface area contributed by atoms with E-state index in [1.807, 2.05) is 0 Å². The molecule has 0 saturated heterocycles. The number of benzene rings is 2. The first-order chi connectivity index (χ1) is 13.3. The van der Waals surface area contributed by atoms with Gasteiger partial charge in [0.2, 0.25) is 0 Å². The molecule has 27 heavy (non-hydrogen) atoms. The third-order valence-corrected chi connectivity index (χ3v) is 9.75. The van der Waals surface area contributed by atoms with E-state index in [0.29, 0.717) is 10.5 Å². The van der Waals surface area contributed by atoms with Crippen molar-refractivity contribution in [2.75, 3.05) is 34.5 Å². The van der Waals surface area contributed by atoms with Gasteiger partial charge in [0.25, 0.3) is 0 Å². The molecule has 2 atom stereocenters. The highest BCUT2D eigenvalue weighted by molar-refractivity contribution is 8.05. The van der Waals surface area contributed by atoms with Crippen LogP contribution in [-0.2, 0) is 12.8 Å². The van der Waals surface area contributed by atoms with Gasteiger partial charge in [-0.1, -0.05) is 60.7 Å². The van der Waals surface area contributed by atoms with Crippen molar-refractivity contribution in [1.82, 2.24) is 0 Å². The average molecular weight is 455 g/mol. The number of aryl methyl sites for hydroxylation is 2. The molecule has 2 aromatic carbocycles. The maximum absolute atomic E-state index is 4.57. The van der Waals surface area contributed by atoms with Crippen molar-refractivity contribution in [1.29, 1.82) is 0 Å². The first-order valence-electron chi connectivity index (χ1n) is 9.42. The van der Waals surface area contributed by atoms with E-state index in [9.17, 15) is 0 Å². The molecule has 0 fully saturated rings. The number of rotatable bonds is 14. The SMILES string of the molecule is SCC(CSCC(CS)SCCc1ccccc1)SCCc1ccccc1. The van der Waals surface area contributed by atoms with Crippen LogP contribution in [-0.4, -0.2) is 45.0 Å². The molecule has 148 valence electrons. The fraction of sp³-hybridized carbons (Fsp3) is 0.455. The van der Waals surface area contributed by atoms with Gasteiger partial charge in [-0.15, -0.1) is 0 Å². The molecule has 0 aliphatic heterocycles. The standard InChI is InChI=1S/C22H30S5/c23-15-21(26-13-11-19-7-3-1-4-8-19)17-25-18-22(16-24)27-14-12-20-9-5-2-6-10-20/h1-10,21-24H,11-18H2. The Morgan fingerprint density at radius 1 is 0.630 bits per heavy atom. The van der Waals surface area contributed by atoms with Crippen LogP contribution in [0.15, 0.2) is 60.7 Å². The van der Waals surface area contributed by atoms with Crippen LogP contribution < -0.4 is 0 Å². The molecule has 0 heterocycles. The molecule has 2 aromatic rings. The third kappa shape index (κ3) is 10.5. The maximum atomic E-state index is 4.57. The molecule has 0 aromatic heterocycles. The molecule has 0 aliphatic rings. The number of hydrogen-bond donors (Lipinski definition) is 2. The van der Waals surface area contributed by atoms with E-state index in [0.717, 1.165) is 24.3 Å². The summed E-state index contributed by atoms with van der Waals surface area (Å²) in [6.45, 7) is 0. The second-order valence-electron chi connectivity index (χ2n) is 6.36. The number of thiol groups is 2. The Hall–Kier alpha value is 0.190. The largest absolute Gasteiger partial charge is 0.178 e. The van der Waals surface area contributed by atoms with Crippen LogP contribution in [0.4, 0.5) is 0 Å². The van der Waals surface area contributed by atoms with Gasteiger partial charge in [-0.3, -0.25) is 0 Å². The Kier molecular flexibility index (Phi) is 13.1. The molecule has 0 amide bonds. The van der Waals surface area contributed by atoms with Crippen molar-refractivity contribution in [3.05, 3.63) is 71.8 Å². The van der Waals surface area contributed by atoms with Gasteiger partial charge in [0.1, 0.15) is 0 Å². The fourth-order valence-electron chi connectivity index (χ4n) is 2.61. The normalized spacial score (nSPS) is 13.4. The van der Waals surface area contributed by atoms with Crippen LogP contribution in [0.5, 0.6) is 0 Å². The van der Waals surface area contributed by atoms with E-state index >= 15 is 0 Å². The zero-order chi connectivity index (χ0) is 19.2. The van der Waals surface area contributed by atoms with E-state index in [2.05, 4.69) is 121 Å². The first kappa shape index (κ1) is 23.5. The average Bonchev–Trinajstić information content (AvgIpc) is 2.73. The van der Waals surface area contributed by atoms with E-state index in [-0.39, 0.29) is 0 Å². The van der Waals surface area contributed by atoms with E-state index in [1.54, 1.807) is 0 Å². The predicted molar refractivity (Wildman–Crippen MR) is 138 cm³/mol. The van der Waals surface area contributed by atoms with Crippen LogP contribution in [0.2, 0.25) is 0 Å². The summed E-state index contributed by atoms with van der Waals surface area (Å²) in [5.74, 6) is 6.65. The molecule has 5 heteroatoms. The Morgan fingerprint density at radius 2 is 1.04 bits per heavy atom. The van der Waals surface area contributed by atoms with Gasteiger partial charge >= 0.3 is 0 Å². The van der Waals surface area contributed by atoms with Crippen LogP contribution in [0, 0.1) is 0 Å². The molecular weight excluding hydrogens is 425 g/mol. The molecule has 0 radical (unpaired) electrons. The van der Waals surface area contributed by atoms with Crippen molar-refractivity contribution in [3.8, 4) is 0 Å². The third-order valence-electron chi connectivity index (χ3n) is 4.19. The van der Waals surface area contributed by atoms with Gasteiger partial charge in [0.05, 0.1) is 0 Å². The summed E-state index contributed by atoms with van der Waals surface area (Å²) < 4.78 is 0. The summed E-state index contributed by atoms with van der Waals surface area (Å²) in [6.07, 6.45) is 2.30. The predicted octanol–water partition coefficient (Wildman–Crippen LogP) is 6.27. The molecule has 0 nitrogen and oxygen atoms in total. The Balaban J connectivity index is 1.58. The van der Waals surface area contributed by atoms with Gasteiger partial charge in [-0.25, -0.2) is 0 Å². The molecule has 2 rings (SSSR count). The lowest BCUT2D eigenvalue weighted by molar-refractivity contribution is 1.09. The van der Waals surface area contributed by atoms with Crippen molar-refractivity contribution < 1.29 is 0 Å². The minimum absolute atomic E-state index is 0.636. The van der Waals surface area contributed by atoms with E-state index in [1.165, 1.54) is 34.1 Å². The highest BCUT2D eigenvalue weighted by atomic mass is 32.2. The Morgan fingerprint density at radius 3 is 1.41 bits per heavy atom. The minimum Gasteiger partial charge on any atom is -0.178 e. The number of thioether (sulfide) groups is 3. The topological polar surface area (TPSA) is 0 Å². The number of hydrogen-bond acceptors (Lipinski definition) is 5. The smallest absolute Gasteiger partial charge is 0.0226 e. The zero-order valence-electron chi connectivity index (χ0n) is 15.7. The van der Waals surface area contributed by atoms with Crippen LogP contribution in [0.3, 0.4) is 0 Å². The molecule has 2 unspecified atom stereocenters. The van der Waals surface area contributed by atoms with Crippen molar-refractivity contribution in [3.63, 3.8) is 0 Å². The van der Waals surface area contributed by atoms with Gasteiger partial charge in [0.15, 0.2) is 0 Å². The monoisotopic (exact) mass is 454 g/mol. The molecule has 0 saturated carbocycles. The minimum atomic E-state index is 0.636. The second-order valence-corrected chi connectivity index (χ2v) is 11.0. The van der Waals surface area contributed by atoms with Gasteiger partial charge in [0, 0.05) is 33.5 Å². The lowest BCUT2D eigenvalue weighted by atomic mass is 10.2. The van der Waals surface area contributed by atoms with Crippen molar-refractivity contribution in [2.24, 2.45) is 0 Å². The fourth-order valence-corrected chi connectivity index (χ4v) is 7.68. The molecule has 0 spiro atoms. The molecule has 0 bridgehead atoms. The summed E-state index contributed by atoms with van der Waals surface area (Å²) in [5.41, 5.74) is 2.86. The Labute approximate surface area is 189 Å². The molecule has 0 aliphatic carbocycles.